The van der Waals surface area contributed by atoms with Gasteiger partial charge in [0.2, 0.25) is 11.8 Å². The van der Waals surface area contributed by atoms with E-state index < -0.39 is 24.2 Å². The van der Waals surface area contributed by atoms with E-state index in [-0.39, 0.29) is 42.2 Å². The minimum atomic E-state index is -0.647. The Morgan fingerprint density at radius 3 is 2.22 bits per heavy atom. The van der Waals surface area contributed by atoms with E-state index in [4.69, 9.17) is 4.74 Å². The third-order valence-corrected chi connectivity index (χ3v) is 6.09. The van der Waals surface area contributed by atoms with Crippen molar-refractivity contribution in [2.24, 2.45) is 23.7 Å². The summed E-state index contributed by atoms with van der Waals surface area (Å²) < 4.78 is 17.8. The summed E-state index contributed by atoms with van der Waals surface area (Å²) in [5.74, 6) is -1.65. The molecule has 6 nitrogen and oxygen atoms in total. The smallest absolute Gasteiger partial charge is 0.308 e. The molecule has 0 unspecified atom stereocenters. The van der Waals surface area contributed by atoms with Gasteiger partial charge in [-0.15, -0.1) is 0 Å². The van der Waals surface area contributed by atoms with Crippen LogP contribution in [0.3, 0.4) is 0 Å². The summed E-state index contributed by atoms with van der Waals surface area (Å²) in [5, 5.41) is 0. The van der Waals surface area contributed by atoms with E-state index in [1.54, 1.807) is 0 Å². The van der Waals surface area contributed by atoms with Crippen molar-refractivity contribution in [1.82, 2.24) is 4.90 Å². The fourth-order valence-corrected chi connectivity index (χ4v) is 4.83. The van der Waals surface area contributed by atoms with E-state index in [1.165, 1.54) is 17.0 Å². The first-order chi connectivity index (χ1) is 13.0. The molecule has 27 heavy (non-hydrogen) atoms. The van der Waals surface area contributed by atoms with Gasteiger partial charge in [0, 0.05) is 12.1 Å². The molecule has 4 rings (SSSR count). The number of Topliss-reactive ketones (excluding diaryl/α,β-unsaturated/α-hetero) is 1. The van der Waals surface area contributed by atoms with Crippen LogP contribution >= 0.6 is 0 Å². The number of rotatable bonds is 6. The number of benzene rings is 1. The highest BCUT2D eigenvalue weighted by Crippen LogP contribution is 2.56. The molecule has 3 aliphatic rings. The number of ketones is 1. The van der Waals surface area contributed by atoms with Crippen LogP contribution < -0.4 is 0 Å². The maximum atomic E-state index is 12.9. The monoisotopic (exact) mass is 373 g/mol. The van der Waals surface area contributed by atoms with Gasteiger partial charge in [-0.2, -0.15) is 0 Å². The zero-order valence-electron chi connectivity index (χ0n) is 14.7. The van der Waals surface area contributed by atoms with Crippen molar-refractivity contribution in [2.75, 3.05) is 13.2 Å². The lowest BCUT2D eigenvalue weighted by molar-refractivity contribution is -0.145. The van der Waals surface area contributed by atoms with Crippen molar-refractivity contribution in [2.45, 2.75) is 25.7 Å². The second-order valence-electron chi connectivity index (χ2n) is 7.55. The van der Waals surface area contributed by atoms with Crippen molar-refractivity contribution in [1.29, 1.82) is 0 Å². The lowest BCUT2D eigenvalue weighted by Crippen LogP contribution is -2.35. The zero-order chi connectivity index (χ0) is 19.1. The van der Waals surface area contributed by atoms with E-state index >= 15 is 0 Å². The van der Waals surface area contributed by atoms with E-state index in [1.807, 2.05) is 0 Å². The van der Waals surface area contributed by atoms with Crippen molar-refractivity contribution < 1.29 is 28.3 Å². The van der Waals surface area contributed by atoms with Gasteiger partial charge in [0.05, 0.1) is 18.3 Å². The molecule has 0 spiro atoms. The van der Waals surface area contributed by atoms with Crippen LogP contribution in [0.4, 0.5) is 4.39 Å². The van der Waals surface area contributed by atoms with Gasteiger partial charge in [-0.1, -0.05) is 0 Å². The van der Waals surface area contributed by atoms with Crippen LogP contribution in [-0.2, 0) is 19.1 Å². The first-order valence-electron chi connectivity index (χ1n) is 9.25. The number of ether oxygens (including phenoxy) is 1. The maximum Gasteiger partial charge on any atom is 0.308 e. The van der Waals surface area contributed by atoms with E-state index in [2.05, 4.69) is 0 Å². The second kappa shape index (κ2) is 6.87. The van der Waals surface area contributed by atoms with Crippen LogP contribution in [0.5, 0.6) is 0 Å². The van der Waals surface area contributed by atoms with Gasteiger partial charge in [-0.25, -0.2) is 4.39 Å². The molecule has 142 valence electrons. The first kappa shape index (κ1) is 17.8. The Kier molecular flexibility index (Phi) is 4.53. The van der Waals surface area contributed by atoms with Crippen molar-refractivity contribution in [3.63, 3.8) is 0 Å². The largest absolute Gasteiger partial charge is 0.457 e. The average Bonchev–Trinajstić information content (AvgIpc) is 3.33. The number of esters is 1. The summed E-state index contributed by atoms with van der Waals surface area (Å²) >= 11 is 0. The molecule has 2 saturated carbocycles. The third kappa shape index (κ3) is 3.15. The Morgan fingerprint density at radius 2 is 1.63 bits per heavy atom. The quantitative estimate of drug-likeness (QED) is 0.433. The van der Waals surface area contributed by atoms with Gasteiger partial charge >= 0.3 is 5.97 Å². The molecule has 0 N–H and O–H groups in total. The van der Waals surface area contributed by atoms with E-state index in [0.717, 1.165) is 31.4 Å². The average molecular weight is 373 g/mol. The molecule has 1 aromatic rings. The number of hydrogen-bond donors (Lipinski definition) is 0. The summed E-state index contributed by atoms with van der Waals surface area (Å²) in [5.41, 5.74) is 0.248. The predicted octanol–water partition coefficient (Wildman–Crippen LogP) is 1.97. The van der Waals surface area contributed by atoms with Gasteiger partial charge in [0.1, 0.15) is 5.82 Å². The summed E-state index contributed by atoms with van der Waals surface area (Å²) in [6.45, 7) is -0.463. The molecule has 4 atom stereocenters. The standard InChI is InChI=1S/C20H20FNO5/c21-14-5-3-11(4-6-14)15(23)10-27-16(24)7-8-22-19(25)17-12-1-2-13(9-12)18(17)20(22)26/h3-6,12-13,17-18H,1-2,7-10H2/t12-,13-,17-,18+/m0/s1. The summed E-state index contributed by atoms with van der Waals surface area (Å²) in [4.78, 5) is 50.1. The van der Waals surface area contributed by atoms with Crippen LogP contribution in [0.15, 0.2) is 24.3 Å². The normalized spacial score (nSPS) is 28.6. The number of halogens is 1. The first-order valence-corrected chi connectivity index (χ1v) is 9.25. The van der Waals surface area contributed by atoms with E-state index in [0.29, 0.717) is 11.8 Å². The molecule has 0 aromatic heterocycles. The topological polar surface area (TPSA) is 80.8 Å². The molecular weight excluding hydrogens is 353 g/mol. The van der Waals surface area contributed by atoms with Crippen LogP contribution in [0.2, 0.25) is 0 Å². The highest BCUT2D eigenvalue weighted by Gasteiger charge is 2.60. The molecule has 2 amide bonds. The number of imide groups is 1. The third-order valence-electron chi connectivity index (χ3n) is 6.09. The number of hydrogen-bond acceptors (Lipinski definition) is 5. The fraction of sp³-hybridized carbons (Fsp3) is 0.500. The van der Waals surface area contributed by atoms with Gasteiger partial charge in [-0.3, -0.25) is 24.1 Å². The van der Waals surface area contributed by atoms with Crippen LogP contribution in [0.1, 0.15) is 36.0 Å². The zero-order valence-corrected chi connectivity index (χ0v) is 14.7. The SMILES string of the molecule is O=C(CCN1C(=O)[C@@H]2[C@H]3CC[C@@H](C3)[C@@H]2C1=O)OCC(=O)c1ccc(F)cc1. The molecular formula is C20H20FNO5. The Labute approximate surface area is 155 Å². The van der Waals surface area contributed by atoms with Gasteiger partial charge in [-0.05, 0) is 55.4 Å². The predicted molar refractivity (Wildman–Crippen MR) is 90.8 cm³/mol. The van der Waals surface area contributed by atoms with Crippen LogP contribution in [-0.4, -0.2) is 41.6 Å². The summed E-state index contributed by atoms with van der Waals surface area (Å²) in [7, 11) is 0. The molecule has 2 aliphatic carbocycles. The number of likely N-dealkylation sites (tertiary alicyclic amines) is 1. The Morgan fingerprint density at radius 1 is 1.04 bits per heavy atom. The van der Waals surface area contributed by atoms with Crippen LogP contribution in [0.25, 0.3) is 0 Å². The minimum absolute atomic E-state index is 0.00627. The van der Waals surface area contributed by atoms with E-state index in [9.17, 15) is 23.6 Å². The molecule has 1 aromatic carbocycles. The van der Waals surface area contributed by atoms with Gasteiger partial charge in [0.25, 0.3) is 0 Å². The highest BCUT2D eigenvalue weighted by molar-refractivity contribution is 6.06. The van der Waals surface area contributed by atoms with Crippen molar-refractivity contribution in [3.8, 4) is 0 Å². The van der Waals surface area contributed by atoms with Gasteiger partial charge in [0.15, 0.2) is 12.4 Å². The molecule has 1 aliphatic heterocycles. The molecule has 1 saturated heterocycles. The second-order valence-corrected chi connectivity index (χ2v) is 7.55. The fourth-order valence-electron chi connectivity index (χ4n) is 4.83. The lowest BCUT2D eigenvalue weighted by Gasteiger charge is -2.19. The molecule has 1 heterocycles. The summed E-state index contributed by atoms with van der Waals surface area (Å²) in [6, 6.07) is 4.95. The minimum Gasteiger partial charge on any atom is -0.457 e. The molecule has 7 heteroatoms. The summed E-state index contributed by atoms with van der Waals surface area (Å²) in [6.07, 6.45) is 2.84. The Bertz CT molecular complexity index is 777. The number of carbonyl (C=O) groups excluding carboxylic acids is 4. The van der Waals surface area contributed by atoms with Gasteiger partial charge < -0.3 is 4.74 Å². The number of amides is 2. The number of carbonyl (C=O) groups is 4. The van der Waals surface area contributed by atoms with Crippen LogP contribution in [0, 0.1) is 29.5 Å². The molecule has 2 bridgehead atoms. The molecule has 3 fully saturated rings. The Hall–Kier alpha value is -2.57. The maximum absolute atomic E-state index is 12.9. The molecule has 0 radical (unpaired) electrons. The highest BCUT2D eigenvalue weighted by atomic mass is 19.1. The number of fused-ring (bicyclic) bond motifs is 5. The van der Waals surface area contributed by atoms with Crippen molar-refractivity contribution >= 4 is 23.6 Å². The Balaban J connectivity index is 1.27. The number of nitrogens with zero attached hydrogens (tertiary/aromatic N) is 1. The lowest BCUT2D eigenvalue weighted by atomic mass is 9.81. The van der Waals surface area contributed by atoms with Crippen molar-refractivity contribution in [3.05, 3.63) is 35.6 Å².